The van der Waals surface area contributed by atoms with Gasteiger partial charge in [-0.2, -0.15) is 11.8 Å². The van der Waals surface area contributed by atoms with Crippen LogP contribution in [0.15, 0.2) is 29.3 Å². The number of hydrogen-bond donors (Lipinski definition) is 2. The number of aliphatic imine (C=N–C) groups is 1. The van der Waals surface area contributed by atoms with Crippen LogP contribution in [0, 0.1) is 0 Å². The number of rotatable bonds is 10. The van der Waals surface area contributed by atoms with E-state index in [1.165, 1.54) is 24.8 Å². The Bertz CT molecular complexity index is 681. The van der Waals surface area contributed by atoms with Gasteiger partial charge in [-0.25, -0.2) is 4.99 Å². The fourth-order valence-corrected chi connectivity index (χ4v) is 5.12. The Morgan fingerprint density at radius 3 is 2.84 bits per heavy atom. The van der Waals surface area contributed by atoms with Crippen molar-refractivity contribution in [3.63, 3.8) is 0 Å². The molecule has 2 aliphatic rings. The van der Waals surface area contributed by atoms with Crippen molar-refractivity contribution in [1.29, 1.82) is 0 Å². The topological polar surface area (TPSA) is 58.1 Å². The van der Waals surface area contributed by atoms with Crippen molar-refractivity contribution < 1.29 is 9.47 Å². The molecule has 1 aliphatic carbocycles. The van der Waals surface area contributed by atoms with Gasteiger partial charge in [0.1, 0.15) is 12.4 Å². The van der Waals surface area contributed by atoms with Crippen molar-refractivity contribution in [2.24, 2.45) is 4.99 Å². The summed E-state index contributed by atoms with van der Waals surface area (Å²) in [5.74, 6) is 1.84. The van der Waals surface area contributed by atoms with Crippen LogP contribution in [0.2, 0.25) is 0 Å². The molecular formula is C24H40N4O2S. The van der Waals surface area contributed by atoms with E-state index in [0.29, 0.717) is 25.2 Å². The predicted molar refractivity (Wildman–Crippen MR) is 131 cm³/mol. The summed E-state index contributed by atoms with van der Waals surface area (Å²) >= 11 is 1.98. The zero-order chi connectivity index (χ0) is 21.9. The van der Waals surface area contributed by atoms with E-state index in [9.17, 15) is 0 Å². The van der Waals surface area contributed by atoms with Crippen LogP contribution < -0.4 is 15.4 Å². The number of hydrogen-bond acceptors (Lipinski definition) is 5. The van der Waals surface area contributed by atoms with Crippen molar-refractivity contribution >= 4 is 17.7 Å². The van der Waals surface area contributed by atoms with Gasteiger partial charge in [-0.1, -0.05) is 12.1 Å². The summed E-state index contributed by atoms with van der Waals surface area (Å²) in [6.45, 7) is 7.01. The molecule has 2 fully saturated rings. The number of likely N-dealkylation sites (N-methyl/N-ethyl adjacent to an activating group) is 1. The van der Waals surface area contributed by atoms with Gasteiger partial charge in [0, 0.05) is 43.6 Å². The molecule has 1 saturated heterocycles. The summed E-state index contributed by atoms with van der Waals surface area (Å²) in [5, 5.41) is 7.79. The Morgan fingerprint density at radius 1 is 1.26 bits per heavy atom. The molecule has 31 heavy (non-hydrogen) atoms. The minimum Gasteiger partial charge on any atom is -0.492 e. The molecule has 2 N–H and O–H groups in total. The summed E-state index contributed by atoms with van der Waals surface area (Å²) in [6.07, 6.45) is 8.18. The van der Waals surface area contributed by atoms with Gasteiger partial charge in [-0.3, -0.25) is 4.90 Å². The van der Waals surface area contributed by atoms with Gasteiger partial charge in [0.2, 0.25) is 0 Å². The molecule has 2 atom stereocenters. The first-order chi connectivity index (χ1) is 15.2. The lowest BCUT2D eigenvalue weighted by Crippen LogP contribution is -2.42. The second-order valence-corrected chi connectivity index (χ2v) is 9.67. The van der Waals surface area contributed by atoms with Gasteiger partial charge in [0.25, 0.3) is 0 Å². The smallest absolute Gasteiger partial charge is 0.191 e. The molecule has 1 heterocycles. The fourth-order valence-electron chi connectivity index (χ4n) is 4.32. The second-order valence-electron chi connectivity index (χ2n) is 8.53. The lowest BCUT2D eigenvalue weighted by atomic mass is 10.1. The Balaban J connectivity index is 1.46. The van der Waals surface area contributed by atoms with E-state index in [1.54, 1.807) is 0 Å². The van der Waals surface area contributed by atoms with E-state index >= 15 is 0 Å². The minimum atomic E-state index is 0.526. The second kappa shape index (κ2) is 13.2. The molecule has 7 heteroatoms. The first-order valence-electron chi connectivity index (χ1n) is 11.7. The first-order valence-corrected chi connectivity index (χ1v) is 13.0. The van der Waals surface area contributed by atoms with E-state index in [1.807, 2.05) is 17.8 Å². The molecule has 0 amide bonds. The maximum atomic E-state index is 6.04. The largest absolute Gasteiger partial charge is 0.492 e. The Labute approximate surface area is 192 Å². The van der Waals surface area contributed by atoms with E-state index in [2.05, 4.69) is 54.0 Å². The van der Waals surface area contributed by atoms with Crippen molar-refractivity contribution in [2.75, 3.05) is 46.2 Å². The summed E-state index contributed by atoms with van der Waals surface area (Å²) in [7, 11) is 2.19. The molecule has 174 valence electrons. The quantitative estimate of drug-likeness (QED) is 0.422. The van der Waals surface area contributed by atoms with E-state index in [0.717, 1.165) is 56.1 Å². The van der Waals surface area contributed by atoms with Crippen LogP contribution in [-0.2, 0) is 11.3 Å². The first kappa shape index (κ1) is 24.2. The molecule has 0 radical (unpaired) electrons. The highest BCUT2D eigenvalue weighted by Gasteiger charge is 2.24. The van der Waals surface area contributed by atoms with Gasteiger partial charge in [-0.15, -0.1) is 0 Å². The Morgan fingerprint density at radius 2 is 2.10 bits per heavy atom. The molecule has 1 aromatic rings. The highest BCUT2D eigenvalue weighted by Crippen LogP contribution is 2.28. The van der Waals surface area contributed by atoms with Crippen LogP contribution in [0.5, 0.6) is 5.75 Å². The van der Waals surface area contributed by atoms with Crippen molar-refractivity contribution in [3.8, 4) is 5.75 Å². The van der Waals surface area contributed by atoms with Gasteiger partial charge in [0.15, 0.2) is 5.96 Å². The van der Waals surface area contributed by atoms with Crippen LogP contribution in [0.3, 0.4) is 0 Å². The molecule has 1 aliphatic heterocycles. The molecule has 1 saturated carbocycles. The molecule has 0 spiro atoms. The monoisotopic (exact) mass is 448 g/mol. The minimum absolute atomic E-state index is 0.526. The normalized spacial score (nSPS) is 22.6. The highest BCUT2D eigenvalue weighted by molar-refractivity contribution is 7.99. The summed E-state index contributed by atoms with van der Waals surface area (Å²) in [4.78, 5) is 7.22. The number of ether oxygens (including phenoxy) is 2. The van der Waals surface area contributed by atoms with E-state index < -0.39 is 0 Å². The number of thioether (sulfide) groups is 1. The molecule has 0 aromatic heterocycles. The summed E-state index contributed by atoms with van der Waals surface area (Å²) in [6, 6.07) is 9.46. The van der Waals surface area contributed by atoms with Crippen LogP contribution >= 0.6 is 11.8 Å². The maximum absolute atomic E-state index is 6.04. The van der Waals surface area contributed by atoms with Crippen molar-refractivity contribution in [1.82, 2.24) is 15.5 Å². The third kappa shape index (κ3) is 8.20. The number of nitrogens with one attached hydrogen (secondary N) is 2. The van der Waals surface area contributed by atoms with Gasteiger partial charge in [-0.05, 0) is 70.0 Å². The zero-order valence-corrected chi connectivity index (χ0v) is 20.3. The number of guanidine groups is 1. The Kier molecular flexibility index (Phi) is 10.3. The lowest BCUT2D eigenvalue weighted by Gasteiger charge is -2.31. The lowest BCUT2D eigenvalue weighted by molar-refractivity contribution is 0.0392. The highest BCUT2D eigenvalue weighted by atomic mass is 32.2. The van der Waals surface area contributed by atoms with Crippen LogP contribution in [0.1, 0.15) is 44.6 Å². The average molecular weight is 449 g/mol. The zero-order valence-electron chi connectivity index (χ0n) is 19.4. The SMILES string of the molecule is CCNC(=NCc1cccc(OCCN(C)C2CCOCC2)c1)NC1CCC(SC)C1. The van der Waals surface area contributed by atoms with Gasteiger partial charge >= 0.3 is 0 Å². The molecule has 1 aromatic carbocycles. The predicted octanol–water partition coefficient (Wildman–Crippen LogP) is 3.52. The van der Waals surface area contributed by atoms with Crippen LogP contribution in [0.25, 0.3) is 0 Å². The van der Waals surface area contributed by atoms with Crippen LogP contribution in [0.4, 0.5) is 0 Å². The maximum Gasteiger partial charge on any atom is 0.191 e. The van der Waals surface area contributed by atoms with E-state index in [-0.39, 0.29) is 0 Å². The molecule has 2 unspecified atom stereocenters. The molecule has 6 nitrogen and oxygen atoms in total. The third-order valence-corrected chi connectivity index (χ3v) is 7.34. The van der Waals surface area contributed by atoms with Gasteiger partial charge in [0.05, 0.1) is 6.54 Å². The van der Waals surface area contributed by atoms with Crippen molar-refractivity contribution in [3.05, 3.63) is 29.8 Å². The summed E-state index contributed by atoms with van der Waals surface area (Å²) in [5.41, 5.74) is 1.17. The van der Waals surface area contributed by atoms with Crippen LogP contribution in [-0.4, -0.2) is 74.4 Å². The summed E-state index contributed by atoms with van der Waals surface area (Å²) < 4.78 is 11.5. The standard InChI is InChI=1S/C24H40N4O2S/c1-4-25-24(27-20-8-9-23(17-20)31-3)26-18-19-6-5-7-22(16-19)30-15-12-28(2)21-10-13-29-14-11-21/h5-7,16,20-21,23H,4,8-15,17-18H2,1-3H3,(H2,25,26,27). The molecule has 0 bridgehead atoms. The number of benzene rings is 1. The average Bonchev–Trinajstić information content (AvgIpc) is 3.26. The molecule has 3 rings (SSSR count). The molecular weight excluding hydrogens is 408 g/mol. The number of nitrogens with zero attached hydrogens (tertiary/aromatic N) is 2. The van der Waals surface area contributed by atoms with E-state index in [4.69, 9.17) is 14.5 Å². The van der Waals surface area contributed by atoms with Crippen molar-refractivity contribution in [2.45, 2.75) is 62.9 Å². The Hall–Kier alpha value is -1.44. The fraction of sp³-hybridized carbons (Fsp3) is 0.708. The third-order valence-electron chi connectivity index (χ3n) is 6.25. The van der Waals surface area contributed by atoms with Gasteiger partial charge < -0.3 is 20.1 Å².